The number of halogens is 1. The first-order valence-electron chi connectivity index (χ1n) is 7.68. The van der Waals surface area contributed by atoms with Crippen molar-refractivity contribution >= 4 is 21.8 Å². The van der Waals surface area contributed by atoms with E-state index < -0.39 is 6.04 Å². The molecule has 0 spiro atoms. The summed E-state index contributed by atoms with van der Waals surface area (Å²) in [4.78, 5) is 14.6. The SMILES string of the molecule is CCCN(C(=O)[C@H](N)CC(C)C)C(C)c1ccccc1Br. The maximum atomic E-state index is 12.7. The Morgan fingerprint density at radius 3 is 2.43 bits per heavy atom. The van der Waals surface area contributed by atoms with Gasteiger partial charge in [-0.15, -0.1) is 0 Å². The molecule has 2 N–H and O–H groups in total. The third-order valence-electron chi connectivity index (χ3n) is 3.61. The minimum Gasteiger partial charge on any atom is -0.335 e. The van der Waals surface area contributed by atoms with Crippen molar-refractivity contribution < 1.29 is 4.79 Å². The van der Waals surface area contributed by atoms with Crippen molar-refractivity contribution in [1.29, 1.82) is 0 Å². The smallest absolute Gasteiger partial charge is 0.239 e. The molecule has 0 bridgehead atoms. The number of nitrogens with zero attached hydrogens (tertiary/aromatic N) is 1. The number of amides is 1. The number of nitrogens with two attached hydrogens (primary N) is 1. The second-order valence-corrected chi connectivity index (χ2v) is 6.82. The first-order chi connectivity index (χ1) is 9.88. The van der Waals surface area contributed by atoms with Gasteiger partial charge in [0.2, 0.25) is 5.91 Å². The summed E-state index contributed by atoms with van der Waals surface area (Å²) in [5, 5.41) is 0. The molecule has 0 fully saturated rings. The van der Waals surface area contributed by atoms with E-state index in [2.05, 4.69) is 49.7 Å². The molecule has 0 radical (unpaired) electrons. The first-order valence-corrected chi connectivity index (χ1v) is 8.48. The molecule has 0 saturated heterocycles. The molecule has 0 aromatic heterocycles. The Balaban J connectivity index is 2.95. The Hall–Kier alpha value is -0.870. The summed E-state index contributed by atoms with van der Waals surface area (Å²) in [6.45, 7) is 9.06. The number of hydrogen-bond donors (Lipinski definition) is 1. The van der Waals surface area contributed by atoms with Crippen molar-refractivity contribution in [2.45, 2.75) is 52.6 Å². The molecule has 4 heteroatoms. The summed E-state index contributed by atoms with van der Waals surface area (Å²) in [5.74, 6) is 0.472. The average Bonchev–Trinajstić information content (AvgIpc) is 2.43. The fourth-order valence-corrected chi connectivity index (χ4v) is 3.16. The van der Waals surface area contributed by atoms with Crippen LogP contribution in [0.3, 0.4) is 0 Å². The van der Waals surface area contributed by atoms with Crippen LogP contribution in [0.4, 0.5) is 0 Å². The van der Waals surface area contributed by atoms with E-state index in [1.165, 1.54) is 0 Å². The monoisotopic (exact) mass is 354 g/mol. The molecular weight excluding hydrogens is 328 g/mol. The summed E-state index contributed by atoms with van der Waals surface area (Å²) in [5.41, 5.74) is 7.22. The fourth-order valence-electron chi connectivity index (χ4n) is 2.54. The molecular formula is C17H27BrN2O. The Kier molecular flexibility index (Phi) is 7.40. The Morgan fingerprint density at radius 2 is 1.90 bits per heavy atom. The van der Waals surface area contributed by atoms with Gasteiger partial charge in [0.25, 0.3) is 0 Å². The molecule has 118 valence electrons. The van der Waals surface area contributed by atoms with Crippen molar-refractivity contribution in [2.24, 2.45) is 11.7 Å². The molecule has 0 saturated carbocycles. The quantitative estimate of drug-likeness (QED) is 0.800. The Morgan fingerprint density at radius 1 is 1.29 bits per heavy atom. The summed E-state index contributed by atoms with van der Waals surface area (Å²) < 4.78 is 1.03. The average molecular weight is 355 g/mol. The van der Waals surface area contributed by atoms with Gasteiger partial charge in [0.15, 0.2) is 0 Å². The summed E-state index contributed by atoms with van der Waals surface area (Å²) in [6.07, 6.45) is 1.65. The van der Waals surface area contributed by atoms with E-state index >= 15 is 0 Å². The molecule has 2 atom stereocenters. The molecule has 0 aliphatic rings. The van der Waals surface area contributed by atoms with Crippen LogP contribution >= 0.6 is 15.9 Å². The van der Waals surface area contributed by atoms with Gasteiger partial charge in [0.05, 0.1) is 12.1 Å². The molecule has 1 unspecified atom stereocenters. The molecule has 0 aliphatic heterocycles. The number of hydrogen-bond acceptors (Lipinski definition) is 2. The lowest BCUT2D eigenvalue weighted by Gasteiger charge is -2.32. The van der Waals surface area contributed by atoms with Crippen LogP contribution in [0, 0.1) is 5.92 Å². The second kappa shape index (κ2) is 8.54. The third kappa shape index (κ3) is 5.11. The zero-order valence-electron chi connectivity index (χ0n) is 13.5. The predicted molar refractivity (Wildman–Crippen MR) is 92.0 cm³/mol. The van der Waals surface area contributed by atoms with Crippen LogP contribution in [-0.4, -0.2) is 23.4 Å². The van der Waals surface area contributed by atoms with Crippen molar-refractivity contribution in [3.05, 3.63) is 34.3 Å². The van der Waals surface area contributed by atoms with Crippen molar-refractivity contribution in [3.63, 3.8) is 0 Å². The molecule has 1 aromatic rings. The van der Waals surface area contributed by atoms with Gasteiger partial charge in [-0.05, 0) is 37.3 Å². The summed E-state index contributed by atoms with van der Waals surface area (Å²) >= 11 is 3.57. The highest BCUT2D eigenvalue weighted by atomic mass is 79.9. The van der Waals surface area contributed by atoms with Gasteiger partial charge in [-0.25, -0.2) is 0 Å². The predicted octanol–water partition coefficient (Wildman–Crippen LogP) is 4.12. The molecule has 1 amide bonds. The van der Waals surface area contributed by atoms with Crippen LogP contribution in [-0.2, 0) is 4.79 Å². The number of carbonyl (C=O) groups is 1. The van der Waals surface area contributed by atoms with Gasteiger partial charge in [-0.1, -0.05) is 54.9 Å². The van der Waals surface area contributed by atoms with Gasteiger partial charge in [-0.3, -0.25) is 4.79 Å². The maximum absolute atomic E-state index is 12.7. The van der Waals surface area contributed by atoms with Crippen molar-refractivity contribution in [3.8, 4) is 0 Å². The second-order valence-electron chi connectivity index (χ2n) is 5.97. The van der Waals surface area contributed by atoms with Gasteiger partial charge < -0.3 is 10.6 Å². The highest BCUT2D eigenvalue weighted by molar-refractivity contribution is 9.10. The van der Waals surface area contributed by atoms with Gasteiger partial charge in [0.1, 0.15) is 0 Å². The van der Waals surface area contributed by atoms with E-state index in [4.69, 9.17) is 5.73 Å². The van der Waals surface area contributed by atoms with E-state index in [0.717, 1.165) is 29.4 Å². The van der Waals surface area contributed by atoms with E-state index in [-0.39, 0.29) is 11.9 Å². The van der Waals surface area contributed by atoms with Crippen LogP contribution in [0.15, 0.2) is 28.7 Å². The normalized spacial score (nSPS) is 14.0. The highest BCUT2D eigenvalue weighted by Gasteiger charge is 2.26. The zero-order valence-corrected chi connectivity index (χ0v) is 15.1. The molecule has 3 nitrogen and oxygen atoms in total. The van der Waals surface area contributed by atoms with E-state index in [1.807, 2.05) is 23.1 Å². The minimum absolute atomic E-state index is 0.0197. The lowest BCUT2D eigenvalue weighted by atomic mass is 10.0. The zero-order chi connectivity index (χ0) is 16.0. The fraction of sp³-hybridized carbons (Fsp3) is 0.588. The highest BCUT2D eigenvalue weighted by Crippen LogP contribution is 2.28. The van der Waals surface area contributed by atoms with E-state index in [0.29, 0.717) is 5.92 Å². The standard InChI is InChI=1S/C17H27BrN2O/c1-5-10-20(17(21)16(19)11-12(2)3)13(4)14-8-6-7-9-15(14)18/h6-9,12-13,16H,5,10-11,19H2,1-4H3/t13?,16-/m1/s1. The summed E-state index contributed by atoms with van der Waals surface area (Å²) in [7, 11) is 0. The van der Waals surface area contributed by atoms with Crippen molar-refractivity contribution in [2.75, 3.05) is 6.54 Å². The lowest BCUT2D eigenvalue weighted by molar-refractivity contribution is -0.135. The van der Waals surface area contributed by atoms with Gasteiger partial charge in [-0.2, -0.15) is 0 Å². The molecule has 1 aromatic carbocycles. The molecule has 0 heterocycles. The number of rotatable bonds is 7. The van der Waals surface area contributed by atoms with Gasteiger partial charge >= 0.3 is 0 Å². The topological polar surface area (TPSA) is 46.3 Å². The lowest BCUT2D eigenvalue weighted by Crippen LogP contribution is -2.45. The number of benzene rings is 1. The van der Waals surface area contributed by atoms with Crippen LogP contribution in [0.25, 0.3) is 0 Å². The minimum atomic E-state index is -0.415. The van der Waals surface area contributed by atoms with Crippen LogP contribution in [0.2, 0.25) is 0 Å². The largest absolute Gasteiger partial charge is 0.335 e. The molecule has 21 heavy (non-hydrogen) atoms. The van der Waals surface area contributed by atoms with Crippen LogP contribution in [0.5, 0.6) is 0 Å². The van der Waals surface area contributed by atoms with Crippen LogP contribution < -0.4 is 5.73 Å². The van der Waals surface area contributed by atoms with Gasteiger partial charge in [0, 0.05) is 11.0 Å². The Labute approximate surface area is 137 Å². The van der Waals surface area contributed by atoms with Crippen LogP contribution in [0.1, 0.15) is 52.1 Å². The van der Waals surface area contributed by atoms with E-state index in [9.17, 15) is 4.79 Å². The maximum Gasteiger partial charge on any atom is 0.239 e. The van der Waals surface area contributed by atoms with Crippen molar-refractivity contribution in [1.82, 2.24) is 4.90 Å². The Bertz CT molecular complexity index is 462. The molecule has 0 aliphatic carbocycles. The first kappa shape index (κ1) is 18.2. The molecule has 1 rings (SSSR count). The van der Waals surface area contributed by atoms with E-state index in [1.54, 1.807) is 0 Å². The third-order valence-corrected chi connectivity index (χ3v) is 4.34. The number of carbonyl (C=O) groups excluding carboxylic acids is 1. The summed E-state index contributed by atoms with van der Waals surface area (Å²) in [6, 6.07) is 7.65.